The van der Waals surface area contributed by atoms with Gasteiger partial charge >= 0.3 is 6.18 Å². The second-order valence-corrected chi connectivity index (χ2v) is 8.04. The molecule has 3 aromatic rings. The monoisotopic (exact) mass is 418 g/mol. The number of rotatable bonds is 4. The summed E-state index contributed by atoms with van der Waals surface area (Å²) in [5.41, 5.74) is -0.0189. The minimum absolute atomic E-state index is 0.163. The van der Waals surface area contributed by atoms with E-state index in [0.29, 0.717) is 10.1 Å². The molecule has 0 saturated heterocycles. The lowest BCUT2D eigenvalue weighted by Gasteiger charge is -2.10. The normalized spacial score (nSPS) is 13.2. The number of hydrogen-bond acceptors (Lipinski definition) is 4. The molecule has 0 spiro atoms. The molecular weight excluding hydrogens is 405 g/mol. The Morgan fingerprint density at radius 1 is 1.38 bits per heavy atom. The van der Waals surface area contributed by atoms with Crippen LogP contribution in [0.5, 0.6) is 0 Å². The van der Waals surface area contributed by atoms with Gasteiger partial charge in [-0.2, -0.15) is 13.2 Å². The highest BCUT2D eigenvalue weighted by atomic mass is 35.5. The Morgan fingerprint density at radius 2 is 2.12 bits per heavy atom. The highest BCUT2D eigenvalue weighted by molar-refractivity contribution is 7.21. The molecule has 1 unspecified atom stereocenters. The summed E-state index contributed by atoms with van der Waals surface area (Å²) >= 11 is 8.70. The number of halogens is 4. The molecule has 1 aromatic carbocycles. The SMILES string of the molecule is CCc1nc(C(C)NC(=O)c2sc3cc(C(F)(F)F)ccc3c2Cl)cs1. The molecule has 2 aromatic heterocycles. The summed E-state index contributed by atoms with van der Waals surface area (Å²) < 4.78 is 38.9. The number of thiazole rings is 1. The van der Waals surface area contributed by atoms with Crippen molar-refractivity contribution in [3.63, 3.8) is 0 Å². The summed E-state index contributed by atoms with van der Waals surface area (Å²) in [6.45, 7) is 3.80. The molecule has 0 fully saturated rings. The van der Waals surface area contributed by atoms with Gasteiger partial charge in [-0.3, -0.25) is 4.79 Å². The summed E-state index contributed by atoms with van der Waals surface area (Å²) in [4.78, 5) is 17.2. The fourth-order valence-corrected chi connectivity index (χ4v) is 4.71. The molecule has 0 aliphatic rings. The Bertz CT molecular complexity index is 965. The Balaban J connectivity index is 1.87. The van der Waals surface area contributed by atoms with E-state index in [-0.39, 0.29) is 15.9 Å². The number of benzene rings is 1. The Morgan fingerprint density at radius 3 is 2.73 bits per heavy atom. The number of carbonyl (C=O) groups excluding carboxylic acids is 1. The quantitative estimate of drug-likeness (QED) is 0.557. The minimum Gasteiger partial charge on any atom is -0.343 e. The second kappa shape index (κ2) is 7.17. The molecule has 1 atom stereocenters. The van der Waals surface area contributed by atoms with Crippen LogP contribution in [0.3, 0.4) is 0 Å². The third-order valence-corrected chi connectivity index (χ3v) is 6.49. The van der Waals surface area contributed by atoms with Gasteiger partial charge < -0.3 is 5.32 Å². The molecule has 0 aliphatic carbocycles. The average molecular weight is 419 g/mol. The van der Waals surface area contributed by atoms with Gasteiger partial charge in [0.1, 0.15) is 4.88 Å². The molecule has 0 radical (unpaired) electrons. The molecule has 3 rings (SSSR count). The topological polar surface area (TPSA) is 42.0 Å². The van der Waals surface area contributed by atoms with Crippen LogP contribution < -0.4 is 5.32 Å². The lowest BCUT2D eigenvalue weighted by atomic mass is 10.1. The molecular formula is C17H14ClF3N2OS2. The predicted octanol–water partition coefficient (Wildman–Crippen LogP) is 6.08. The van der Waals surface area contributed by atoms with Crippen LogP contribution in [0.2, 0.25) is 5.02 Å². The summed E-state index contributed by atoms with van der Waals surface area (Å²) in [6.07, 6.45) is -3.63. The van der Waals surface area contributed by atoms with Crippen molar-refractivity contribution < 1.29 is 18.0 Å². The van der Waals surface area contributed by atoms with Crippen LogP contribution >= 0.6 is 34.3 Å². The van der Waals surface area contributed by atoms with Crippen molar-refractivity contribution in [3.8, 4) is 0 Å². The summed E-state index contributed by atoms with van der Waals surface area (Å²) in [5.74, 6) is -0.427. The Hall–Kier alpha value is -1.64. The third-order valence-electron chi connectivity index (χ3n) is 3.83. The van der Waals surface area contributed by atoms with E-state index >= 15 is 0 Å². The van der Waals surface area contributed by atoms with E-state index in [9.17, 15) is 18.0 Å². The van der Waals surface area contributed by atoms with E-state index in [1.54, 1.807) is 6.92 Å². The summed E-state index contributed by atoms with van der Waals surface area (Å²) in [5, 5.41) is 6.26. The van der Waals surface area contributed by atoms with Gasteiger partial charge in [-0.15, -0.1) is 22.7 Å². The first-order valence-electron chi connectivity index (χ1n) is 7.75. The largest absolute Gasteiger partial charge is 0.416 e. The zero-order valence-electron chi connectivity index (χ0n) is 13.8. The number of carbonyl (C=O) groups is 1. The lowest BCUT2D eigenvalue weighted by Crippen LogP contribution is -2.26. The van der Waals surface area contributed by atoms with Gasteiger partial charge in [-0.05, 0) is 25.5 Å². The van der Waals surface area contributed by atoms with Gasteiger partial charge in [0.15, 0.2) is 0 Å². The third kappa shape index (κ3) is 3.72. The molecule has 0 bridgehead atoms. The standard InChI is InChI=1S/C17H14ClF3N2OS2/c1-3-13-23-11(7-25-13)8(2)22-16(24)15-14(18)10-5-4-9(17(19,20)21)6-12(10)26-15/h4-8H,3H2,1-2H3,(H,22,24). The number of aromatic nitrogens is 1. The predicted molar refractivity (Wildman–Crippen MR) is 99.2 cm³/mol. The number of nitrogens with one attached hydrogen (secondary N) is 1. The fraction of sp³-hybridized carbons (Fsp3) is 0.294. The van der Waals surface area contributed by atoms with Gasteiger partial charge in [-0.1, -0.05) is 24.6 Å². The number of nitrogens with zero attached hydrogens (tertiary/aromatic N) is 1. The summed E-state index contributed by atoms with van der Waals surface area (Å²) in [7, 11) is 0. The maximum Gasteiger partial charge on any atom is 0.416 e. The number of amides is 1. The van der Waals surface area contributed by atoms with Crippen molar-refractivity contribution >= 4 is 50.3 Å². The van der Waals surface area contributed by atoms with E-state index in [4.69, 9.17) is 11.6 Å². The number of hydrogen-bond donors (Lipinski definition) is 1. The van der Waals surface area contributed by atoms with Gasteiger partial charge in [0.25, 0.3) is 5.91 Å². The zero-order chi connectivity index (χ0) is 19.1. The highest BCUT2D eigenvalue weighted by Crippen LogP contribution is 2.39. The summed E-state index contributed by atoms with van der Waals surface area (Å²) in [6, 6.07) is 2.95. The highest BCUT2D eigenvalue weighted by Gasteiger charge is 2.31. The van der Waals surface area contributed by atoms with Crippen LogP contribution in [0.1, 0.15) is 45.8 Å². The zero-order valence-corrected chi connectivity index (χ0v) is 16.2. The van der Waals surface area contributed by atoms with Crippen LogP contribution in [-0.2, 0) is 12.6 Å². The molecule has 26 heavy (non-hydrogen) atoms. The van der Waals surface area contributed by atoms with E-state index in [1.165, 1.54) is 17.4 Å². The average Bonchev–Trinajstić information content (AvgIpc) is 3.18. The Kier molecular flexibility index (Phi) is 5.28. The molecule has 0 aliphatic heterocycles. The van der Waals surface area contributed by atoms with E-state index in [2.05, 4.69) is 10.3 Å². The van der Waals surface area contributed by atoms with Crippen LogP contribution in [0, 0.1) is 0 Å². The molecule has 1 N–H and O–H groups in total. The number of thiophene rings is 1. The van der Waals surface area contributed by atoms with Crippen LogP contribution in [0.15, 0.2) is 23.6 Å². The molecule has 9 heteroatoms. The van der Waals surface area contributed by atoms with Crippen LogP contribution in [-0.4, -0.2) is 10.9 Å². The van der Waals surface area contributed by atoms with Crippen molar-refractivity contribution in [1.82, 2.24) is 10.3 Å². The van der Waals surface area contributed by atoms with Gasteiger partial charge in [0.05, 0.1) is 27.3 Å². The first kappa shape index (κ1) is 19.1. The number of aryl methyl sites for hydroxylation is 1. The van der Waals surface area contributed by atoms with Crippen molar-refractivity contribution in [1.29, 1.82) is 0 Å². The van der Waals surface area contributed by atoms with Crippen LogP contribution in [0.25, 0.3) is 10.1 Å². The lowest BCUT2D eigenvalue weighted by molar-refractivity contribution is -0.137. The fourth-order valence-electron chi connectivity index (χ4n) is 2.41. The van der Waals surface area contributed by atoms with Crippen molar-refractivity contribution in [2.24, 2.45) is 0 Å². The van der Waals surface area contributed by atoms with E-state index in [1.807, 2.05) is 12.3 Å². The van der Waals surface area contributed by atoms with Crippen molar-refractivity contribution in [2.75, 3.05) is 0 Å². The maximum absolute atomic E-state index is 12.9. The van der Waals surface area contributed by atoms with Crippen LogP contribution in [0.4, 0.5) is 13.2 Å². The van der Waals surface area contributed by atoms with E-state index < -0.39 is 17.6 Å². The molecule has 138 valence electrons. The number of alkyl halides is 3. The minimum atomic E-state index is -4.44. The van der Waals surface area contributed by atoms with Gasteiger partial charge in [0.2, 0.25) is 0 Å². The smallest absolute Gasteiger partial charge is 0.343 e. The van der Waals surface area contributed by atoms with Crippen molar-refractivity contribution in [3.05, 3.63) is 49.7 Å². The first-order valence-corrected chi connectivity index (χ1v) is 9.82. The number of fused-ring (bicyclic) bond motifs is 1. The van der Waals surface area contributed by atoms with E-state index in [0.717, 1.165) is 40.6 Å². The molecule has 0 saturated carbocycles. The maximum atomic E-state index is 12.9. The second-order valence-electron chi connectivity index (χ2n) is 5.67. The molecule has 1 amide bonds. The van der Waals surface area contributed by atoms with Gasteiger partial charge in [-0.25, -0.2) is 4.98 Å². The van der Waals surface area contributed by atoms with Gasteiger partial charge in [0, 0.05) is 15.5 Å². The molecule has 2 heterocycles. The Labute approximate surface area is 160 Å². The molecule has 3 nitrogen and oxygen atoms in total. The first-order chi connectivity index (χ1) is 12.2. The van der Waals surface area contributed by atoms with Crippen molar-refractivity contribution in [2.45, 2.75) is 32.5 Å².